The summed E-state index contributed by atoms with van der Waals surface area (Å²) >= 11 is 0. The van der Waals surface area contributed by atoms with Crippen LogP contribution in [0.5, 0.6) is 0 Å². The molecule has 0 saturated carbocycles. The molecule has 11 rings (SSSR count). The van der Waals surface area contributed by atoms with Crippen LogP contribution >= 0.6 is 0 Å². The minimum atomic E-state index is 1.12. The summed E-state index contributed by atoms with van der Waals surface area (Å²) in [5.41, 5.74) is 12.2. The lowest BCUT2D eigenvalue weighted by atomic mass is 9.96. The summed E-state index contributed by atoms with van der Waals surface area (Å²) < 4.78 is 2.40. The average molecular weight is 635 g/mol. The van der Waals surface area contributed by atoms with Gasteiger partial charge in [-0.15, -0.1) is 0 Å². The van der Waals surface area contributed by atoms with Crippen molar-refractivity contribution >= 4 is 71.2 Å². The molecule has 0 fully saturated rings. The van der Waals surface area contributed by atoms with Gasteiger partial charge in [0.1, 0.15) is 0 Å². The molecule has 1 aliphatic rings. The predicted octanol–water partition coefficient (Wildman–Crippen LogP) is 13.4. The van der Waals surface area contributed by atoms with Crippen molar-refractivity contribution in [2.75, 3.05) is 4.90 Å². The van der Waals surface area contributed by atoms with Crippen LogP contribution in [0, 0.1) is 0 Å². The zero-order valence-electron chi connectivity index (χ0n) is 27.2. The van der Waals surface area contributed by atoms with Crippen molar-refractivity contribution < 1.29 is 0 Å². The molecule has 9 aromatic carbocycles. The van der Waals surface area contributed by atoms with Crippen LogP contribution < -0.4 is 4.90 Å². The van der Waals surface area contributed by atoms with E-state index < -0.39 is 0 Å². The lowest BCUT2D eigenvalue weighted by molar-refractivity contribution is 1.18. The second kappa shape index (κ2) is 10.4. The Morgan fingerprint density at radius 3 is 1.92 bits per heavy atom. The molecule has 0 atom stereocenters. The monoisotopic (exact) mass is 634 g/mol. The number of fused-ring (bicyclic) bond motifs is 9. The van der Waals surface area contributed by atoms with E-state index in [0.717, 1.165) is 22.7 Å². The van der Waals surface area contributed by atoms with Gasteiger partial charge in [-0.25, -0.2) is 0 Å². The summed E-state index contributed by atoms with van der Waals surface area (Å²) in [6.07, 6.45) is 0. The molecule has 2 heteroatoms. The second-order valence-electron chi connectivity index (χ2n) is 13.3. The molecule has 232 valence electrons. The third-order valence-electron chi connectivity index (χ3n) is 10.6. The molecule has 1 heterocycles. The second-order valence-corrected chi connectivity index (χ2v) is 13.3. The minimum Gasteiger partial charge on any atom is -0.310 e. The molecule has 2 nitrogen and oxygen atoms in total. The normalized spacial score (nSPS) is 12.0. The van der Waals surface area contributed by atoms with E-state index in [-0.39, 0.29) is 0 Å². The molecule has 10 aromatic rings. The number of aromatic nitrogens is 1. The van der Waals surface area contributed by atoms with E-state index in [1.807, 2.05) is 0 Å². The number of hydrogen-bond donors (Lipinski definition) is 0. The molecule has 0 amide bonds. The third-order valence-corrected chi connectivity index (χ3v) is 10.6. The van der Waals surface area contributed by atoms with Gasteiger partial charge in [0.05, 0.1) is 16.7 Å². The molecule has 0 spiro atoms. The summed E-state index contributed by atoms with van der Waals surface area (Å²) in [6, 6.07) is 66.8. The molecule has 0 unspecified atom stereocenters. The molecule has 1 aromatic heterocycles. The first kappa shape index (κ1) is 27.3. The summed E-state index contributed by atoms with van der Waals surface area (Å²) in [7, 11) is 0. The Labute approximate surface area is 289 Å². The highest BCUT2D eigenvalue weighted by Crippen LogP contribution is 2.52. The molecular formula is C48H30N2. The van der Waals surface area contributed by atoms with Crippen molar-refractivity contribution in [1.82, 2.24) is 4.57 Å². The van der Waals surface area contributed by atoms with Gasteiger partial charge in [-0.2, -0.15) is 0 Å². The maximum atomic E-state index is 2.45. The van der Waals surface area contributed by atoms with Crippen molar-refractivity contribution in [3.8, 4) is 27.9 Å². The van der Waals surface area contributed by atoms with E-state index in [4.69, 9.17) is 0 Å². The van der Waals surface area contributed by atoms with Crippen LogP contribution in [0.15, 0.2) is 182 Å². The van der Waals surface area contributed by atoms with Crippen LogP contribution in [0.2, 0.25) is 0 Å². The van der Waals surface area contributed by atoms with Gasteiger partial charge in [0.2, 0.25) is 0 Å². The summed E-state index contributed by atoms with van der Waals surface area (Å²) in [5.74, 6) is 0. The van der Waals surface area contributed by atoms with Gasteiger partial charge in [-0.05, 0) is 104 Å². The van der Waals surface area contributed by atoms with Crippen molar-refractivity contribution in [3.63, 3.8) is 0 Å². The smallest absolute Gasteiger partial charge is 0.0561 e. The van der Waals surface area contributed by atoms with Crippen molar-refractivity contribution in [3.05, 3.63) is 182 Å². The number of para-hydroxylation sites is 2. The van der Waals surface area contributed by atoms with Gasteiger partial charge in [0.25, 0.3) is 0 Å². The lowest BCUT2D eigenvalue weighted by Gasteiger charge is -2.28. The van der Waals surface area contributed by atoms with E-state index in [0.29, 0.717) is 0 Å². The fraction of sp³-hybridized carbons (Fsp3) is 0. The number of rotatable bonds is 4. The maximum Gasteiger partial charge on any atom is 0.0561 e. The quantitative estimate of drug-likeness (QED) is 0.175. The fourth-order valence-corrected chi connectivity index (χ4v) is 8.52. The molecule has 0 radical (unpaired) electrons. The zero-order chi connectivity index (χ0) is 32.8. The first-order valence-corrected chi connectivity index (χ1v) is 17.3. The first-order chi connectivity index (χ1) is 24.8. The fourth-order valence-electron chi connectivity index (χ4n) is 8.52. The van der Waals surface area contributed by atoms with Crippen molar-refractivity contribution in [2.24, 2.45) is 0 Å². The van der Waals surface area contributed by atoms with Gasteiger partial charge < -0.3 is 9.47 Å². The lowest BCUT2D eigenvalue weighted by Crippen LogP contribution is -2.11. The standard InChI is InChI=1S/C48H30N2/c1-2-16-34(17-3-1)50-45-22-9-8-20-39(45)40-26-24-36(30-46(40)50)49(44-23-11-14-31-12-4-6-18-37(31)44)35-25-27-42-43(29-35)41-21-10-15-33-28-32-13-5-7-19-38(32)48(42)47(33)41/h1-30H. The van der Waals surface area contributed by atoms with Gasteiger partial charge >= 0.3 is 0 Å². The molecule has 1 aliphatic carbocycles. The topological polar surface area (TPSA) is 8.17 Å². The Balaban J connectivity index is 1.19. The average Bonchev–Trinajstić information content (AvgIpc) is 3.69. The number of anilines is 3. The number of benzene rings is 9. The highest BCUT2D eigenvalue weighted by molar-refractivity contribution is 6.24. The highest BCUT2D eigenvalue weighted by atomic mass is 15.1. The van der Waals surface area contributed by atoms with Crippen LogP contribution in [-0.2, 0) is 0 Å². The Morgan fingerprint density at radius 2 is 1.02 bits per heavy atom. The third kappa shape index (κ3) is 3.85. The van der Waals surface area contributed by atoms with Crippen LogP contribution in [0.1, 0.15) is 0 Å². The minimum absolute atomic E-state index is 1.12. The van der Waals surface area contributed by atoms with E-state index in [2.05, 4.69) is 191 Å². The number of nitrogens with zero attached hydrogens (tertiary/aromatic N) is 2. The van der Waals surface area contributed by atoms with Crippen LogP contribution in [-0.4, -0.2) is 4.57 Å². The summed E-state index contributed by atoms with van der Waals surface area (Å²) in [6.45, 7) is 0. The van der Waals surface area contributed by atoms with Crippen molar-refractivity contribution in [1.29, 1.82) is 0 Å². The van der Waals surface area contributed by atoms with Gasteiger partial charge in [-0.3, -0.25) is 0 Å². The Kier molecular flexibility index (Phi) is 5.70. The zero-order valence-corrected chi connectivity index (χ0v) is 27.2. The maximum absolute atomic E-state index is 2.45. The Morgan fingerprint density at radius 1 is 0.360 bits per heavy atom. The molecule has 0 N–H and O–H groups in total. The highest BCUT2D eigenvalue weighted by Gasteiger charge is 2.26. The molecule has 0 aliphatic heterocycles. The van der Waals surface area contributed by atoms with Crippen molar-refractivity contribution in [2.45, 2.75) is 0 Å². The van der Waals surface area contributed by atoms with Gasteiger partial charge in [-0.1, -0.05) is 127 Å². The first-order valence-electron chi connectivity index (χ1n) is 17.3. The molecule has 0 bridgehead atoms. The van der Waals surface area contributed by atoms with Crippen LogP contribution in [0.4, 0.5) is 17.1 Å². The number of hydrogen-bond acceptors (Lipinski definition) is 1. The SMILES string of the molecule is c1ccc(-n2c3ccccc3c3ccc(N(c4ccc5c(c4)-c4cccc6cc7ccccc7c-5c46)c4cccc5ccccc45)cc32)cc1. The largest absolute Gasteiger partial charge is 0.310 e. The van der Waals surface area contributed by atoms with E-state index in [1.54, 1.807) is 0 Å². The molecule has 50 heavy (non-hydrogen) atoms. The summed E-state index contributed by atoms with van der Waals surface area (Å²) in [4.78, 5) is 2.45. The van der Waals surface area contributed by atoms with Crippen LogP contribution in [0.25, 0.3) is 82.1 Å². The Hall–Kier alpha value is -6.64. The molecular weight excluding hydrogens is 605 g/mol. The van der Waals surface area contributed by atoms with Gasteiger partial charge in [0.15, 0.2) is 0 Å². The van der Waals surface area contributed by atoms with Gasteiger partial charge in [0, 0.05) is 33.2 Å². The molecule has 0 saturated heterocycles. The van der Waals surface area contributed by atoms with Crippen LogP contribution in [0.3, 0.4) is 0 Å². The summed E-state index contributed by atoms with van der Waals surface area (Å²) in [5, 5.41) is 10.2. The predicted molar refractivity (Wildman–Crippen MR) is 212 cm³/mol. The van der Waals surface area contributed by atoms with E-state index >= 15 is 0 Å². The Bertz CT molecular complexity index is 2980. The van der Waals surface area contributed by atoms with E-state index in [9.17, 15) is 0 Å². The van der Waals surface area contributed by atoms with E-state index in [1.165, 1.54) is 76.4 Å².